The average Bonchev–Trinajstić information content (AvgIpc) is 2.34. The van der Waals surface area contributed by atoms with E-state index in [9.17, 15) is 4.39 Å². The van der Waals surface area contributed by atoms with Crippen molar-refractivity contribution in [2.24, 2.45) is 0 Å². The molecule has 2 aromatic rings. The van der Waals surface area contributed by atoms with Crippen molar-refractivity contribution in [3.63, 3.8) is 0 Å². The molecule has 0 saturated heterocycles. The number of halogens is 1. The summed E-state index contributed by atoms with van der Waals surface area (Å²) in [5.41, 5.74) is 9.95. The number of nitrogens with two attached hydrogens (primary N) is 1. The van der Waals surface area contributed by atoms with Crippen LogP contribution in [-0.4, -0.2) is 0 Å². The summed E-state index contributed by atoms with van der Waals surface area (Å²) in [7, 11) is 0. The zero-order valence-corrected chi connectivity index (χ0v) is 11.1. The molecule has 0 atom stereocenters. The van der Waals surface area contributed by atoms with Crippen molar-refractivity contribution in [2.75, 3.05) is 5.73 Å². The Balaban J connectivity index is 1.95. The van der Waals surface area contributed by atoms with Crippen LogP contribution in [-0.2, 0) is 11.5 Å². The van der Waals surface area contributed by atoms with Gasteiger partial charge in [-0.05, 0) is 35.7 Å². The summed E-state index contributed by atoms with van der Waals surface area (Å²) in [6, 6.07) is 12.9. The van der Waals surface area contributed by atoms with Crippen molar-refractivity contribution in [3.8, 4) is 0 Å². The van der Waals surface area contributed by atoms with Gasteiger partial charge in [-0.15, -0.1) is 0 Å². The van der Waals surface area contributed by atoms with Crippen LogP contribution in [0.2, 0.25) is 0 Å². The summed E-state index contributed by atoms with van der Waals surface area (Å²) >= 11 is 1.79. The van der Waals surface area contributed by atoms with Crippen molar-refractivity contribution in [2.45, 2.75) is 18.4 Å². The minimum atomic E-state index is -0.278. The van der Waals surface area contributed by atoms with E-state index in [1.54, 1.807) is 17.8 Å². The van der Waals surface area contributed by atoms with Crippen LogP contribution >= 0.6 is 11.8 Å². The monoisotopic (exact) mass is 261 g/mol. The van der Waals surface area contributed by atoms with Gasteiger partial charge in [0, 0.05) is 17.2 Å². The van der Waals surface area contributed by atoms with Crippen LogP contribution in [0.3, 0.4) is 0 Å². The minimum absolute atomic E-state index is 0.278. The predicted molar refractivity (Wildman–Crippen MR) is 77.0 cm³/mol. The Kier molecular flexibility index (Phi) is 4.26. The van der Waals surface area contributed by atoms with Gasteiger partial charge in [-0.2, -0.15) is 11.8 Å². The predicted octanol–water partition coefficient (Wildman–Crippen LogP) is 4.15. The number of aryl methyl sites for hydroxylation is 1. The highest BCUT2D eigenvalue weighted by molar-refractivity contribution is 7.97. The van der Waals surface area contributed by atoms with E-state index in [0.717, 1.165) is 17.1 Å². The molecule has 0 aliphatic heterocycles. The fraction of sp³-hybridized carbons (Fsp3) is 0.200. The molecule has 0 amide bonds. The van der Waals surface area contributed by atoms with E-state index in [1.807, 2.05) is 6.07 Å². The Morgan fingerprint density at radius 2 is 1.78 bits per heavy atom. The normalized spacial score (nSPS) is 10.6. The highest BCUT2D eigenvalue weighted by Crippen LogP contribution is 2.23. The fourth-order valence-corrected chi connectivity index (χ4v) is 2.87. The van der Waals surface area contributed by atoms with Gasteiger partial charge in [0.05, 0.1) is 0 Å². The Hall–Kier alpha value is -1.48. The molecule has 0 aromatic heterocycles. The van der Waals surface area contributed by atoms with Gasteiger partial charge in [-0.3, -0.25) is 0 Å². The summed E-state index contributed by atoms with van der Waals surface area (Å²) in [5, 5.41) is 0. The van der Waals surface area contributed by atoms with Gasteiger partial charge < -0.3 is 5.73 Å². The zero-order chi connectivity index (χ0) is 13.0. The van der Waals surface area contributed by atoms with Crippen LogP contribution in [0.15, 0.2) is 42.5 Å². The fourth-order valence-electron chi connectivity index (χ4n) is 1.74. The van der Waals surface area contributed by atoms with Crippen molar-refractivity contribution in [1.29, 1.82) is 0 Å². The molecule has 1 nitrogen and oxygen atoms in total. The Morgan fingerprint density at radius 3 is 2.50 bits per heavy atom. The molecule has 0 aliphatic rings. The third-order valence-corrected chi connectivity index (χ3v) is 3.91. The van der Waals surface area contributed by atoms with Crippen LogP contribution < -0.4 is 5.73 Å². The van der Waals surface area contributed by atoms with Crippen molar-refractivity contribution in [1.82, 2.24) is 0 Å². The topological polar surface area (TPSA) is 26.0 Å². The minimum Gasteiger partial charge on any atom is -0.398 e. The number of anilines is 1. The molecule has 2 N–H and O–H groups in total. The summed E-state index contributed by atoms with van der Waals surface area (Å²) in [6.45, 7) is 2.11. The molecular weight excluding hydrogens is 245 g/mol. The van der Waals surface area contributed by atoms with E-state index >= 15 is 0 Å². The first kappa shape index (κ1) is 13.0. The molecular formula is C15H16FNS. The van der Waals surface area contributed by atoms with Gasteiger partial charge in [0.25, 0.3) is 0 Å². The first-order chi connectivity index (χ1) is 8.66. The van der Waals surface area contributed by atoms with Crippen molar-refractivity contribution < 1.29 is 4.39 Å². The average molecular weight is 261 g/mol. The summed E-state index contributed by atoms with van der Waals surface area (Å²) in [5.74, 6) is 1.48. The third kappa shape index (κ3) is 3.26. The van der Waals surface area contributed by atoms with Gasteiger partial charge >= 0.3 is 0 Å². The second-order valence-electron chi connectivity index (χ2n) is 4.26. The molecule has 2 aromatic carbocycles. The van der Waals surface area contributed by atoms with E-state index in [-0.39, 0.29) is 5.82 Å². The highest BCUT2D eigenvalue weighted by Gasteiger charge is 2.02. The summed E-state index contributed by atoms with van der Waals surface area (Å²) in [4.78, 5) is 0. The molecule has 0 radical (unpaired) electrons. The van der Waals surface area contributed by atoms with E-state index in [0.29, 0.717) is 5.69 Å². The van der Waals surface area contributed by atoms with Crippen LogP contribution in [0.25, 0.3) is 0 Å². The van der Waals surface area contributed by atoms with Gasteiger partial charge in [-0.25, -0.2) is 4.39 Å². The number of hydrogen-bond acceptors (Lipinski definition) is 2. The first-order valence-corrected chi connectivity index (χ1v) is 6.98. The summed E-state index contributed by atoms with van der Waals surface area (Å²) < 4.78 is 12.9. The third-order valence-electron chi connectivity index (χ3n) is 2.88. The quantitative estimate of drug-likeness (QED) is 0.837. The molecule has 0 bridgehead atoms. The number of nitrogen functional groups attached to an aromatic ring is 1. The maximum atomic E-state index is 12.9. The molecule has 94 valence electrons. The SMILES string of the molecule is Cc1ccccc1CSCc1ccc(F)cc1N. The van der Waals surface area contributed by atoms with Crippen molar-refractivity contribution in [3.05, 3.63) is 65.0 Å². The largest absolute Gasteiger partial charge is 0.398 e. The summed E-state index contributed by atoms with van der Waals surface area (Å²) in [6.07, 6.45) is 0. The maximum Gasteiger partial charge on any atom is 0.125 e. The molecule has 0 spiro atoms. The standard InChI is InChI=1S/C15H16FNS/c1-11-4-2-3-5-12(11)9-18-10-13-6-7-14(16)8-15(13)17/h2-8H,9-10,17H2,1H3. The first-order valence-electron chi connectivity index (χ1n) is 5.83. The zero-order valence-electron chi connectivity index (χ0n) is 10.3. The number of rotatable bonds is 4. The van der Waals surface area contributed by atoms with Gasteiger partial charge in [-0.1, -0.05) is 30.3 Å². The Bertz CT molecular complexity index is 540. The molecule has 2 rings (SSSR count). The van der Waals surface area contributed by atoms with Gasteiger partial charge in [0.1, 0.15) is 5.82 Å². The molecule has 0 unspecified atom stereocenters. The smallest absolute Gasteiger partial charge is 0.125 e. The number of benzene rings is 2. The highest BCUT2D eigenvalue weighted by atomic mass is 32.2. The van der Waals surface area contributed by atoms with E-state index in [1.165, 1.54) is 23.3 Å². The lowest BCUT2D eigenvalue weighted by atomic mass is 10.1. The van der Waals surface area contributed by atoms with E-state index in [4.69, 9.17) is 5.73 Å². The van der Waals surface area contributed by atoms with E-state index in [2.05, 4.69) is 25.1 Å². The van der Waals surface area contributed by atoms with Crippen LogP contribution in [0.4, 0.5) is 10.1 Å². The van der Waals surface area contributed by atoms with E-state index < -0.39 is 0 Å². The van der Waals surface area contributed by atoms with Gasteiger partial charge in [0.2, 0.25) is 0 Å². The molecule has 18 heavy (non-hydrogen) atoms. The maximum absolute atomic E-state index is 12.9. The number of thioether (sulfide) groups is 1. The number of hydrogen-bond donors (Lipinski definition) is 1. The Morgan fingerprint density at radius 1 is 1.06 bits per heavy atom. The van der Waals surface area contributed by atoms with Crippen molar-refractivity contribution >= 4 is 17.4 Å². The molecule has 3 heteroatoms. The van der Waals surface area contributed by atoms with Crippen LogP contribution in [0.1, 0.15) is 16.7 Å². The molecule has 0 fully saturated rings. The second kappa shape index (κ2) is 5.91. The Labute approximate surface area is 111 Å². The van der Waals surface area contributed by atoms with Crippen LogP contribution in [0, 0.1) is 12.7 Å². The molecule has 0 aliphatic carbocycles. The lowest BCUT2D eigenvalue weighted by Gasteiger charge is -2.07. The van der Waals surface area contributed by atoms with Gasteiger partial charge in [0.15, 0.2) is 0 Å². The molecule has 0 heterocycles. The van der Waals surface area contributed by atoms with Crippen LogP contribution in [0.5, 0.6) is 0 Å². The lowest BCUT2D eigenvalue weighted by molar-refractivity contribution is 0.628. The second-order valence-corrected chi connectivity index (χ2v) is 5.25. The lowest BCUT2D eigenvalue weighted by Crippen LogP contribution is -1.94. The molecule has 0 saturated carbocycles.